The van der Waals surface area contributed by atoms with Gasteiger partial charge in [0, 0.05) is 5.41 Å². The Balaban J connectivity index is 1.91. The molecule has 2 aliphatic rings. The highest BCUT2D eigenvalue weighted by Crippen LogP contribution is 2.40. The van der Waals surface area contributed by atoms with Crippen LogP contribution < -0.4 is 0 Å². The van der Waals surface area contributed by atoms with Crippen LogP contribution in [0.3, 0.4) is 0 Å². The summed E-state index contributed by atoms with van der Waals surface area (Å²) in [5.74, 6) is 0. The lowest BCUT2D eigenvalue weighted by Gasteiger charge is -2.34. The van der Waals surface area contributed by atoms with Crippen molar-refractivity contribution in [2.24, 2.45) is 10.8 Å². The summed E-state index contributed by atoms with van der Waals surface area (Å²) in [7, 11) is 0. The second-order valence-corrected chi connectivity index (χ2v) is 12.7. The highest BCUT2D eigenvalue weighted by molar-refractivity contribution is 5.46. The summed E-state index contributed by atoms with van der Waals surface area (Å²) in [6.07, 6.45) is 38.9. The van der Waals surface area contributed by atoms with Crippen LogP contribution in [-0.4, -0.2) is 11.2 Å². The Morgan fingerprint density at radius 1 is 0.683 bits per heavy atom. The fourth-order valence-electron chi connectivity index (χ4n) is 5.20. The van der Waals surface area contributed by atoms with E-state index in [0.717, 1.165) is 6.42 Å². The van der Waals surface area contributed by atoms with E-state index in [1.807, 2.05) is 6.08 Å². The molecule has 2 rings (SSSR count). The second kappa shape index (κ2) is 15.5. The summed E-state index contributed by atoms with van der Waals surface area (Å²) in [5, 5.41) is 10.0. The van der Waals surface area contributed by atoms with Crippen LogP contribution in [-0.2, 0) is 0 Å². The molecule has 41 heavy (non-hydrogen) atoms. The average Bonchev–Trinajstić information content (AvgIpc) is 2.84. The smallest absolute Gasteiger partial charge is 0.0734 e. The molecule has 0 fully saturated rings. The Kier molecular flexibility index (Phi) is 12.8. The topological polar surface area (TPSA) is 20.2 Å². The van der Waals surface area contributed by atoms with Crippen molar-refractivity contribution >= 4 is 0 Å². The van der Waals surface area contributed by atoms with E-state index in [2.05, 4.69) is 173 Å². The number of hydrogen-bond donors (Lipinski definition) is 1. The van der Waals surface area contributed by atoms with E-state index in [4.69, 9.17) is 0 Å². The fraction of sp³-hybridized carbons (Fsp3) is 0.350. The number of aliphatic hydroxyl groups is 1. The van der Waals surface area contributed by atoms with Crippen LogP contribution in [0.15, 0.2) is 154 Å². The van der Waals surface area contributed by atoms with E-state index < -0.39 is 0 Å². The lowest BCUT2D eigenvalue weighted by atomic mass is 9.72. The zero-order chi connectivity index (χ0) is 30.6. The summed E-state index contributed by atoms with van der Waals surface area (Å²) < 4.78 is 0. The summed E-state index contributed by atoms with van der Waals surface area (Å²) in [5.41, 5.74) is 10.0. The van der Waals surface area contributed by atoms with Crippen molar-refractivity contribution in [1.29, 1.82) is 0 Å². The third-order valence-corrected chi connectivity index (χ3v) is 7.59. The van der Waals surface area contributed by atoms with Gasteiger partial charge in [0.1, 0.15) is 0 Å². The molecule has 1 N–H and O–H groups in total. The first-order valence-corrected chi connectivity index (χ1v) is 14.8. The molecule has 0 heterocycles. The molecule has 0 bridgehead atoms. The third-order valence-electron chi connectivity index (χ3n) is 7.59. The maximum absolute atomic E-state index is 10.0. The van der Waals surface area contributed by atoms with Gasteiger partial charge >= 0.3 is 0 Å². The Bertz CT molecular complexity index is 1340. The van der Waals surface area contributed by atoms with Crippen LogP contribution >= 0.6 is 0 Å². The Morgan fingerprint density at radius 2 is 1.15 bits per heavy atom. The molecule has 0 saturated carbocycles. The van der Waals surface area contributed by atoms with E-state index in [0.29, 0.717) is 0 Å². The molecule has 0 aromatic heterocycles. The zero-order valence-corrected chi connectivity index (χ0v) is 27.1. The van der Waals surface area contributed by atoms with Gasteiger partial charge in [-0.1, -0.05) is 159 Å². The van der Waals surface area contributed by atoms with Gasteiger partial charge in [0.15, 0.2) is 0 Å². The van der Waals surface area contributed by atoms with Gasteiger partial charge in [-0.3, -0.25) is 0 Å². The molecule has 218 valence electrons. The van der Waals surface area contributed by atoms with Gasteiger partial charge in [0.25, 0.3) is 0 Å². The van der Waals surface area contributed by atoms with Crippen molar-refractivity contribution in [2.45, 2.75) is 81.8 Å². The number of rotatable bonds is 9. The van der Waals surface area contributed by atoms with Crippen molar-refractivity contribution < 1.29 is 5.11 Å². The van der Waals surface area contributed by atoms with Crippen LogP contribution in [0.1, 0.15) is 75.7 Å². The lowest BCUT2D eigenvalue weighted by Crippen LogP contribution is -2.26. The number of aliphatic hydroxyl groups excluding tert-OH is 1. The molecule has 1 nitrogen and oxygen atoms in total. The standard InChI is InChI=1S/C40H52O/c1-30(18-13-20-32(3)23-25-37-34(5)22-15-27-39(37,7)8)16-11-12-17-31(2)19-14-21-33(4)24-26-38-35(6)28-36(41)29-40(38,9)10/h11-28,36,41H,29H2,1-10H3/b16-11+,17-12+,20-13+,21-14+,30-18+,31-19+,32-23+,33-24+,37-25+,38-26+/t36-/m0/s1. The Hall–Kier alpha value is -3.42. The molecule has 0 aromatic carbocycles. The molecule has 0 unspecified atom stereocenters. The van der Waals surface area contributed by atoms with E-state index in [-0.39, 0.29) is 16.9 Å². The maximum atomic E-state index is 10.0. The van der Waals surface area contributed by atoms with E-state index in [1.54, 1.807) is 0 Å². The van der Waals surface area contributed by atoms with Crippen LogP contribution in [0.2, 0.25) is 0 Å². The summed E-state index contributed by atoms with van der Waals surface area (Å²) >= 11 is 0. The quantitative estimate of drug-likeness (QED) is 0.284. The van der Waals surface area contributed by atoms with Crippen molar-refractivity contribution in [1.82, 2.24) is 0 Å². The average molecular weight is 549 g/mol. The molecule has 0 aliphatic heterocycles. The Morgan fingerprint density at radius 3 is 1.63 bits per heavy atom. The molecule has 0 spiro atoms. The van der Waals surface area contributed by atoms with Gasteiger partial charge < -0.3 is 5.11 Å². The predicted molar refractivity (Wildman–Crippen MR) is 183 cm³/mol. The molecule has 2 aliphatic carbocycles. The van der Waals surface area contributed by atoms with Crippen LogP contribution in [0.25, 0.3) is 0 Å². The summed E-state index contributed by atoms with van der Waals surface area (Å²) in [6, 6.07) is 0. The molecule has 1 atom stereocenters. The lowest BCUT2D eigenvalue weighted by molar-refractivity contribution is 0.161. The fourth-order valence-corrected chi connectivity index (χ4v) is 5.20. The van der Waals surface area contributed by atoms with Crippen molar-refractivity contribution in [2.75, 3.05) is 0 Å². The monoisotopic (exact) mass is 548 g/mol. The zero-order valence-electron chi connectivity index (χ0n) is 27.1. The number of allylic oxidation sites excluding steroid dienone is 25. The van der Waals surface area contributed by atoms with Crippen molar-refractivity contribution in [3.8, 4) is 0 Å². The van der Waals surface area contributed by atoms with Gasteiger partial charge in [-0.05, 0) is 75.7 Å². The van der Waals surface area contributed by atoms with Crippen molar-refractivity contribution in [3.63, 3.8) is 0 Å². The van der Waals surface area contributed by atoms with Gasteiger partial charge in [0.2, 0.25) is 0 Å². The molecule has 0 saturated heterocycles. The molecule has 0 radical (unpaired) electrons. The van der Waals surface area contributed by atoms with Gasteiger partial charge in [-0.25, -0.2) is 0 Å². The minimum atomic E-state index is -0.348. The SMILES string of the molecule is CC1=CC=CC(C)(C)/C1=C/C=C(C)/C=C/C=C(C)/C=C/C=C/C(C)=C/C=C/C(C)=C/C=C1\C(C)=C[C@H](O)CC1(C)C. The van der Waals surface area contributed by atoms with E-state index in [9.17, 15) is 5.11 Å². The summed E-state index contributed by atoms with van der Waals surface area (Å²) in [4.78, 5) is 0. The largest absolute Gasteiger partial charge is 0.389 e. The first-order valence-electron chi connectivity index (χ1n) is 14.8. The second-order valence-electron chi connectivity index (χ2n) is 12.7. The number of hydrogen-bond acceptors (Lipinski definition) is 1. The van der Waals surface area contributed by atoms with Gasteiger partial charge in [-0.15, -0.1) is 0 Å². The minimum absolute atomic E-state index is 0.0212. The first-order chi connectivity index (χ1) is 19.2. The molecule has 0 amide bonds. The van der Waals surface area contributed by atoms with Crippen LogP contribution in [0.5, 0.6) is 0 Å². The molecule has 1 heteroatoms. The highest BCUT2D eigenvalue weighted by atomic mass is 16.3. The maximum Gasteiger partial charge on any atom is 0.0734 e. The van der Waals surface area contributed by atoms with Crippen molar-refractivity contribution in [3.05, 3.63) is 154 Å². The molecular weight excluding hydrogens is 496 g/mol. The van der Waals surface area contributed by atoms with E-state index in [1.165, 1.54) is 44.6 Å². The highest BCUT2D eigenvalue weighted by Gasteiger charge is 2.30. The first kappa shape index (κ1) is 33.8. The predicted octanol–water partition coefficient (Wildman–Crippen LogP) is 11.1. The summed E-state index contributed by atoms with van der Waals surface area (Å²) in [6.45, 7) is 21.7. The van der Waals surface area contributed by atoms with Crippen LogP contribution in [0.4, 0.5) is 0 Å². The van der Waals surface area contributed by atoms with Crippen LogP contribution in [0, 0.1) is 10.8 Å². The molecule has 0 aromatic rings. The molecular formula is C40H52O. The third kappa shape index (κ3) is 11.5. The minimum Gasteiger partial charge on any atom is -0.389 e. The normalized spacial score (nSPS) is 24.5. The van der Waals surface area contributed by atoms with E-state index >= 15 is 0 Å². The van der Waals surface area contributed by atoms with Gasteiger partial charge in [-0.2, -0.15) is 0 Å². The Labute approximate surface area is 251 Å². The van der Waals surface area contributed by atoms with Gasteiger partial charge in [0.05, 0.1) is 6.10 Å².